The molecule has 5 rings (SSSR count). The number of likely N-dealkylation sites (tertiary alicyclic amines) is 1. The molecule has 3 heterocycles. The molecule has 8 nitrogen and oxygen atoms in total. The number of hydrogen-bond acceptors (Lipinski definition) is 6. The lowest BCUT2D eigenvalue weighted by Crippen LogP contribution is -2.65. The third kappa shape index (κ3) is 3.76. The molecule has 178 valence electrons. The van der Waals surface area contributed by atoms with Crippen molar-refractivity contribution in [1.82, 2.24) is 25.1 Å². The van der Waals surface area contributed by atoms with Crippen molar-refractivity contribution in [2.75, 3.05) is 5.32 Å². The summed E-state index contributed by atoms with van der Waals surface area (Å²) < 4.78 is 59.7. The van der Waals surface area contributed by atoms with Gasteiger partial charge < -0.3 is 14.6 Å². The molecule has 34 heavy (non-hydrogen) atoms. The Kier molecular flexibility index (Phi) is 5.25. The van der Waals surface area contributed by atoms with Gasteiger partial charge in [-0.3, -0.25) is 0 Å². The van der Waals surface area contributed by atoms with E-state index in [9.17, 15) is 22.4 Å². The summed E-state index contributed by atoms with van der Waals surface area (Å²) in [5.41, 5.74) is -1.97. The largest absolute Gasteiger partial charge is 0.423 e. The van der Waals surface area contributed by atoms with E-state index in [4.69, 9.17) is 4.42 Å². The number of halogens is 4. The minimum atomic E-state index is -4.69. The van der Waals surface area contributed by atoms with Gasteiger partial charge in [0.25, 0.3) is 0 Å². The number of aryl methyl sites for hydroxylation is 1. The van der Waals surface area contributed by atoms with Gasteiger partial charge in [-0.15, -0.1) is 10.2 Å². The van der Waals surface area contributed by atoms with Crippen LogP contribution in [0.1, 0.15) is 49.4 Å². The van der Waals surface area contributed by atoms with Gasteiger partial charge in [0.2, 0.25) is 11.8 Å². The third-order valence-corrected chi connectivity index (χ3v) is 6.36. The Labute approximate surface area is 191 Å². The van der Waals surface area contributed by atoms with E-state index in [-0.39, 0.29) is 23.1 Å². The number of benzene rings is 1. The predicted octanol–water partition coefficient (Wildman–Crippen LogP) is 5.07. The first-order chi connectivity index (χ1) is 16.2. The van der Waals surface area contributed by atoms with E-state index < -0.39 is 29.1 Å². The van der Waals surface area contributed by atoms with Crippen LogP contribution in [0, 0.1) is 12.7 Å². The maximum Gasteiger partial charge on any atom is 0.417 e. The molecule has 1 saturated carbocycles. The second-order valence-corrected chi connectivity index (χ2v) is 8.54. The van der Waals surface area contributed by atoms with Gasteiger partial charge in [-0.2, -0.15) is 13.2 Å². The summed E-state index contributed by atoms with van der Waals surface area (Å²) >= 11 is 0. The maximum atomic E-state index is 13.6. The number of urea groups is 1. The van der Waals surface area contributed by atoms with Crippen molar-refractivity contribution in [1.29, 1.82) is 0 Å². The van der Waals surface area contributed by atoms with Crippen LogP contribution in [-0.4, -0.2) is 37.1 Å². The summed E-state index contributed by atoms with van der Waals surface area (Å²) in [4.78, 5) is 22.4. The number of amides is 2. The van der Waals surface area contributed by atoms with Crippen molar-refractivity contribution in [2.24, 2.45) is 0 Å². The molecule has 2 fully saturated rings. The zero-order chi connectivity index (χ0) is 24.1. The van der Waals surface area contributed by atoms with Crippen molar-refractivity contribution in [3.8, 4) is 11.4 Å². The van der Waals surface area contributed by atoms with Gasteiger partial charge in [0.15, 0.2) is 11.6 Å². The Balaban J connectivity index is 1.47. The van der Waals surface area contributed by atoms with Crippen molar-refractivity contribution >= 4 is 11.7 Å². The molecule has 2 bridgehead atoms. The Hall–Kier alpha value is -3.57. The quantitative estimate of drug-likeness (QED) is 0.531. The van der Waals surface area contributed by atoms with E-state index in [2.05, 4.69) is 25.5 Å². The number of fused-ring (bicyclic) bond motifs is 2. The zero-order valence-electron chi connectivity index (χ0n) is 18.1. The molecular weight excluding hydrogens is 456 g/mol. The second kappa shape index (κ2) is 8.03. The first-order valence-corrected chi connectivity index (χ1v) is 10.8. The van der Waals surface area contributed by atoms with Crippen LogP contribution in [0.4, 0.5) is 28.0 Å². The highest BCUT2D eigenvalue weighted by atomic mass is 19.4. The Morgan fingerprint density at radius 1 is 1.21 bits per heavy atom. The molecule has 3 aromatic rings. The lowest BCUT2D eigenvalue weighted by atomic mass is 9.77. The second-order valence-electron chi connectivity index (χ2n) is 8.54. The summed E-state index contributed by atoms with van der Waals surface area (Å²) in [6.07, 6.45) is 0.850. The highest BCUT2D eigenvalue weighted by Gasteiger charge is 2.59. The first-order valence-electron chi connectivity index (χ1n) is 10.8. The maximum absolute atomic E-state index is 13.6. The van der Waals surface area contributed by atoms with E-state index >= 15 is 0 Å². The van der Waals surface area contributed by atoms with E-state index in [1.807, 2.05) is 0 Å². The molecule has 1 aliphatic carbocycles. The van der Waals surface area contributed by atoms with Crippen molar-refractivity contribution in [3.63, 3.8) is 0 Å². The van der Waals surface area contributed by atoms with Crippen molar-refractivity contribution in [3.05, 3.63) is 53.8 Å². The molecule has 1 saturated heterocycles. The highest BCUT2D eigenvalue weighted by molar-refractivity contribution is 5.91. The number of carbonyl (C=O) groups excluding carboxylic acids is 1. The summed E-state index contributed by atoms with van der Waals surface area (Å²) in [6, 6.07) is 2.64. The van der Waals surface area contributed by atoms with Crippen LogP contribution in [-0.2, 0) is 11.7 Å². The van der Waals surface area contributed by atoms with Gasteiger partial charge in [-0.25, -0.2) is 19.2 Å². The predicted molar refractivity (Wildman–Crippen MR) is 111 cm³/mol. The molecule has 2 atom stereocenters. The fourth-order valence-corrected chi connectivity index (χ4v) is 4.90. The van der Waals surface area contributed by atoms with Crippen LogP contribution in [0.2, 0.25) is 0 Å². The minimum Gasteiger partial charge on any atom is -0.423 e. The molecule has 1 aromatic carbocycles. The molecule has 2 aliphatic rings. The molecule has 2 amide bonds. The number of hydrogen-bond donors (Lipinski definition) is 1. The molecule has 12 heteroatoms. The van der Waals surface area contributed by atoms with Crippen LogP contribution in [0.5, 0.6) is 0 Å². The fourth-order valence-electron chi connectivity index (χ4n) is 4.90. The molecule has 2 aromatic heterocycles. The van der Waals surface area contributed by atoms with Crippen LogP contribution < -0.4 is 5.32 Å². The fraction of sp³-hybridized carbons (Fsp3) is 0.409. The van der Waals surface area contributed by atoms with Crippen LogP contribution >= 0.6 is 0 Å². The topological polar surface area (TPSA) is 97.0 Å². The summed E-state index contributed by atoms with van der Waals surface area (Å²) in [5, 5.41) is 10.8. The van der Waals surface area contributed by atoms with E-state index in [0.29, 0.717) is 24.6 Å². The van der Waals surface area contributed by atoms with Gasteiger partial charge in [0.1, 0.15) is 5.54 Å². The zero-order valence-corrected chi connectivity index (χ0v) is 18.1. The van der Waals surface area contributed by atoms with Crippen LogP contribution in [0.25, 0.3) is 11.4 Å². The van der Waals surface area contributed by atoms with Gasteiger partial charge in [0.05, 0.1) is 18.0 Å². The Morgan fingerprint density at radius 2 is 1.97 bits per heavy atom. The molecular formula is C22H20F4N6O2. The van der Waals surface area contributed by atoms with E-state index in [1.54, 1.807) is 11.8 Å². The average molecular weight is 476 g/mol. The number of nitrogens with one attached hydrogen (secondary N) is 1. The van der Waals surface area contributed by atoms with Gasteiger partial charge >= 0.3 is 12.2 Å². The summed E-state index contributed by atoms with van der Waals surface area (Å²) in [5.74, 6) is -0.320. The van der Waals surface area contributed by atoms with Crippen LogP contribution in [0.15, 0.2) is 35.0 Å². The average Bonchev–Trinajstić information content (AvgIpc) is 2.98. The number of alkyl halides is 3. The summed E-state index contributed by atoms with van der Waals surface area (Å²) in [6.45, 7) is 1.67. The SMILES string of the molecule is Cc1nnc([C@@]23CCCC[C@@H](C2)N3C(=O)Nc2ccc(C(F)(F)F)c(-c3ncc(F)cn3)c2)o1. The highest BCUT2D eigenvalue weighted by Crippen LogP contribution is 2.52. The molecule has 1 N–H and O–H groups in total. The minimum absolute atomic E-state index is 0.0379. The van der Waals surface area contributed by atoms with Gasteiger partial charge in [-0.05, 0) is 31.0 Å². The smallest absolute Gasteiger partial charge is 0.417 e. The Morgan fingerprint density at radius 3 is 2.65 bits per heavy atom. The van der Waals surface area contributed by atoms with Gasteiger partial charge in [-0.1, -0.05) is 12.8 Å². The Bertz CT molecular complexity index is 1220. The molecule has 0 spiro atoms. The van der Waals surface area contributed by atoms with Gasteiger partial charge in [0, 0.05) is 30.6 Å². The number of rotatable bonds is 3. The number of anilines is 1. The monoisotopic (exact) mass is 476 g/mol. The lowest BCUT2D eigenvalue weighted by Gasteiger charge is -2.54. The van der Waals surface area contributed by atoms with E-state index in [0.717, 1.165) is 43.8 Å². The summed E-state index contributed by atoms with van der Waals surface area (Å²) in [7, 11) is 0. The number of nitrogens with zero attached hydrogens (tertiary/aromatic N) is 5. The van der Waals surface area contributed by atoms with Crippen molar-refractivity contribution < 1.29 is 26.8 Å². The van der Waals surface area contributed by atoms with E-state index in [1.165, 1.54) is 6.07 Å². The normalized spacial score (nSPS) is 22.1. The molecule has 1 aliphatic heterocycles. The number of aromatic nitrogens is 4. The van der Waals surface area contributed by atoms with Crippen molar-refractivity contribution in [2.45, 2.75) is 56.8 Å². The van der Waals surface area contributed by atoms with Crippen LogP contribution in [0.3, 0.4) is 0 Å². The standard InChI is InChI=1S/C22H20F4N6O2/c1-12-30-31-19(34-12)21-7-3-2-4-15(9-21)32(21)20(33)29-14-5-6-17(22(24,25)26)16(8-14)18-27-10-13(23)11-28-18/h5-6,8,10-11,15H,2-4,7,9H2,1H3,(H,29,33)/t15-,21+/m0/s1. The third-order valence-electron chi connectivity index (χ3n) is 6.36. The first kappa shape index (κ1) is 22.2. The molecule has 0 unspecified atom stereocenters. The lowest BCUT2D eigenvalue weighted by molar-refractivity contribution is -0.137. The molecule has 0 radical (unpaired) electrons. The number of carbonyl (C=O) groups is 1.